The highest BCUT2D eigenvalue weighted by Crippen LogP contribution is 2.38. The number of halogens is 1. The van der Waals surface area contributed by atoms with E-state index in [0.717, 1.165) is 23.1 Å². The van der Waals surface area contributed by atoms with Gasteiger partial charge in [0.2, 0.25) is 0 Å². The molecule has 2 heterocycles. The number of nitrogens with one attached hydrogen (secondary N) is 1. The van der Waals surface area contributed by atoms with E-state index >= 15 is 0 Å². The Morgan fingerprint density at radius 2 is 2.07 bits per heavy atom. The van der Waals surface area contributed by atoms with Crippen molar-refractivity contribution in [2.45, 2.75) is 38.8 Å². The molecule has 4 nitrogen and oxygen atoms in total. The zero-order valence-corrected chi connectivity index (χ0v) is 16.3. The highest BCUT2D eigenvalue weighted by Gasteiger charge is 2.27. The van der Waals surface area contributed by atoms with Gasteiger partial charge in [-0.05, 0) is 36.1 Å². The molecule has 2 aromatic carbocycles. The number of amides is 1. The maximum atomic E-state index is 13.0. The van der Waals surface area contributed by atoms with Gasteiger partial charge in [0.25, 0.3) is 5.91 Å². The van der Waals surface area contributed by atoms with E-state index in [0.29, 0.717) is 23.8 Å². The van der Waals surface area contributed by atoms with E-state index in [1.807, 2.05) is 36.4 Å². The highest BCUT2D eigenvalue weighted by molar-refractivity contribution is 6.36. The average molecular weight is 383 g/mol. The van der Waals surface area contributed by atoms with Crippen molar-refractivity contribution in [3.63, 3.8) is 0 Å². The van der Waals surface area contributed by atoms with Crippen LogP contribution >= 0.6 is 11.6 Å². The summed E-state index contributed by atoms with van der Waals surface area (Å²) < 4.78 is 8.10. The highest BCUT2D eigenvalue weighted by atomic mass is 35.5. The van der Waals surface area contributed by atoms with Crippen molar-refractivity contribution in [2.75, 3.05) is 6.54 Å². The molecule has 1 N–H and O–H groups in total. The Hall–Kier alpha value is -2.46. The summed E-state index contributed by atoms with van der Waals surface area (Å²) in [5.74, 6) is 0.962. The minimum Gasteiger partial charge on any atom is -0.486 e. The molecule has 0 saturated heterocycles. The standard InChI is InChI=1S/C22H23ClN2O2/c1-3-16-13-25-19(11-17-18(23)9-10-20(27-16)21(17)25)22(26)24-12-14(2)15-7-5-4-6-8-15/h4-11,14,16H,3,12-13H2,1-2H3,(H,24,26)/t14-,16-/m1/s1. The summed E-state index contributed by atoms with van der Waals surface area (Å²) in [5.41, 5.74) is 2.76. The molecule has 0 radical (unpaired) electrons. The molecule has 1 aromatic heterocycles. The fourth-order valence-corrected chi connectivity index (χ4v) is 3.86. The number of carbonyl (C=O) groups is 1. The van der Waals surface area contributed by atoms with Gasteiger partial charge >= 0.3 is 0 Å². The van der Waals surface area contributed by atoms with Crippen molar-refractivity contribution >= 4 is 28.4 Å². The van der Waals surface area contributed by atoms with Gasteiger partial charge in [0.1, 0.15) is 17.5 Å². The number of carbonyl (C=O) groups excluding carboxylic acids is 1. The molecule has 3 aromatic rings. The molecule has 0 bridgehead atoms. The van der Waals surface area contributed by atoms with E-state index < -0.39 is 0 Å². The molecule has 0 aliphatic carbocycles. The smallest absolute Gasteiger partial charge is 0.267 e. The Morgan fingerprint density at radius 3 is 2.81 bits per heavy atom. The van der Waals surface area contributed by atoms with Crippen molar-refractivity contribution in [1.82, 2.24) is 9.88 Å². The van der Waals surface area contributed by atoms with E-state index in [2.05, 4.69) is 35.9 Å². The third-order valence-electron chi connectivity index (χ3n) is 5.27. The van der Waals surface area contributed by atoms with Gasteiger partial charge in [-0.2, -0.15) is 0 Å². The Morgan fingerprint density at radius 1 is 1.30 bits per heavy atom. The molecule has 1 amide bonds. The van der Waals surface area contributed by atoms with Crippen LogP contribution in [0.3, 0.4) is 0 Å². The summed E-state index contributed by atoms with van der Waals surface area (Å²) in [6.07, 6.45) is 0.942. The number of hydrogen-bond acceptors (Lipinski definition) is 2. The van der Waals surface area contributed by atoms with Crippen molar-refractivity contribution in [3.05, 3.63) is 64.8 Å². The second-order valence-corrected chi connectivity index (χ2v) is 7.53. The van der Waals surface area contributed by atoms with Crippen LogP contribution in [0.5, 0.6) is 5.75 Å². The molecule has 140 valence electrons. The molecular weight excluding hydrogens is 360 g/mol. The van der Waals surface area contributed by atoms with Crippen LogP contribution in [0.1, 0.15) is 42.2 Å². The lowest BCUT2D eigenvalue weighted by Crippen LogP contribution is -2.32. The topological polar surface area (TPSA) is 43.3 Å². The molecule has 2 atom stereocenters. The summed E-state index contributed by atoms with van der Waals surface area (Å²) >= 11 is 6.38. The lowest BCUT2D eigenvalue weighted by molar-refractivity contribution is 0.0936. The predicted molar refractivity (Wildman–Crippen MR) is 109 cm³/mol. The van der Waals surface area contributed by atoms with Crippen LogP contribution in [0.4, 0.5) is 0 Å². The second kappa shape index (κ2) is 7.28. The van der Waals surface area contributed by atoms with Crippen molar-refractivity contribution in [3.8, 4) is 5.75 Å². The molecule has 1 aliphatic heterocycles. The molecule has 0 unspecified atom stereocenters. The molecule has 0 fully saturated rings. The van der Waals surface area contributed by atoms with Gasteiger partial charge in [-0.3, -0.25) is 4.79 Å². The van der Waals surface area contributed by atoms with Gasteiger partial charge in [-0.25, -0.2) is 0 Å². The SMILES string of the molecule is CC[C@@H]1Cn2c(C(=O)NC[C@@H](C)c3ccccc3)cc3c(Cl)ccc(c32)O1. The first-order valence-electron chi connectivity index (χ1n) is 9.40. The Labute approximate surface area is 164 Å². The van der Waals surface area contributed by atoms with Crippen LogP contribution in [0.25, 0.3) is 10.9 Å². The summed E-state index contributed by atoms with van der Waals surface area (Å²) in [6.45, 7) is 5.45. The van der Waals surface area contributed by atoms with Crippen LogP contribution < -0.4 is 10.1 Å². The lowest BCUT2D eigenvalue weighted by Gasteiger charge is -2.26. The van der Waals surface area contributed by atoms with E-state index in [-0.39, 0.29) is 17.9 Å². The van der Waals surface area contributed by atoms with Crippen LogP contribution in [0.15, 0.2) is 48.5 Å². The number of hydrogen-bond donors (Lipinski definition) is 1. The maximum Gasteiger partial charge on any atom is 0.267 e. The van der Waals surface area contributed by atoms with E-state index in [9.17, 15) is 4.79 Å². The Balaban J connectivity index is 1.61. The third kappa shape index (κ3) is 3.30. The molecule has 0 saturated carbocycles. The van der Waals surface area contributed by atoms with Crippen molar-refractivity contribution in [1.29, 1.82) is 0 Å². The Bertz CT molecular complexity index is 981. The number of ether oxygens (including phenoxy) is 1. The number of benzene rings is 2. The van der Waals surface area contributed by atoms with Gasteiger partial charge in [-0.15, -0.1) is 0 Å². The van der Waals surface area contributed by atoms with Gasteiger partial charge in [0.05, 0.1) is 17.1 Å². The van der Waals surface area contributed by atoms with Crippen LogP contribution in [0, 0.1) is 0 Å². The minimum absolute atomic E-state index is 0.0593. The number of aromatic nitrogens is 1. The molecular formula is C22H23ClN2O2. The van der Waals surface area contributed by atoms with Crippen molar-refractivity contribution in [2.24, 2.45) is 0 Å². The predicted octanol–water partition coefficient (Wildman–Crippen LogP) is 5.00. The van der Waals surface area contributed by atoms with Gasteiger partial charge < -0.3 is 14.6 Å². The van der Waals surface area contributed by atoms with E-state index in [1.165, 1.54) is 5.56 Å². The minimum atomic E-state index is -0.0762. The van der Waals surface area contributed by atoms with Crippen LogP contribution in [-0.4, -0.2) is 23.1 Å². The zero-order valence-electron chi connectivity index (χ0n) is 15.5. The van der Waals surface area contributed by atoms with Crippen LogP contribution in [0.2, 0.25) is 5.02 Å². The van der Waals surface area contributed by atoms with Crippen LogP contribution in [-0.2, 0) is 6.54 Å². The molecule has 5 heteroatoms. The molecule has 0 spiro atoms. The van der Waals surface area contributed by atoms with Gasteiger partial charge in [0.15, 0.2) is 0 Å². The fraction of sp³-hybridized carbons (Fsp3) is 0.318. The largest absolute Gasteiger partial charge is 0.486 e. The van der Waals surface area contributed by atoms with Gasteiger partial charge in [-0.1, -0.05) is 55.8 Å². The molecule has 4 rings (SSSR count). The number of nitrogens with zero attached hydrogens (tertiary/aromatic N) is 1. The first kappa shape index (κ1) is 17.9. The summed E-state index contributed by atoms with van der Waals surface area (Å²) in [4.78, 5) is 13.0. The Kier molecular flexibility index (Phi) is 4.83. The second-order valence-electron chi connectivity index (χ2n) is 7.12. The summed E-state index contributed by atoms with van der Waals surface area (Å²) in [6, 6.07) is 15.8. The maximum absolute atomic E-state index is 13.0. The quantitative estimate of drug-likeness (QED) is 0.674. The van der Waals surface area contributed by atoms with Crippen molar-refractivity contribution < 1.29 is 9.53 Å². The zero-order chi connectivity index (χ0) is 19.0. The fourth-order valence-electron chi connectivity index (χ4n) is 3.66. The summed E-state index contributed by atoms with van der Waals surface area (Å²) in [7, 11) is 0. The normalized spacial score (nSPS) is 16.8. The first-order chi connectivity index (χ1) is 13.1. The molecule has 27 heavy (non-hydrogen) atoms. The average Bonchev–Trinajstić information content (AvgIpc) is 3.10. The van der Waals surface area contributed by atoms with Gasteiger partial charge in [0, 0.05) is 11.9 Å². The molecule has 1 aliphatic rings. The third-order valence-corrected chi connectivity index (χ3v) is 5.60. The number of rotatable bonds is 5. The lowest BCUT2D eigenvalue weighted by atomic mass is 10.0. The van der Waals surface area contributed by atoms with E-state index in [4.69, 9.17) is 16.3 Å². The monoisotopic (exact) mass is 382 g/mol. The first-order valence-corrected chi connectivity index (χ1v) is 9.77. The summed E-state index contributed by atoms with van der Waals surface area (Å²) in [5, 5.41) is 4.59. The van der Waals surface area contributed by atoms with E-state index in [1.54, 1.807) is 0 Å².